The van der Waals surface area contributed by atoms with Crippen LogP contribution in [0.1, 0.15) is 40.5 Å². The van der Waals surface area contributed by atoms with Crippen LogP contribution in [0.2, 0.25) is 0 Å². The lowest BCUT2D eigenvalue weighted by Gasteiger charge is -2.46. The second-order valence-electron chi connectivity index (χ2n) is 7.01. The summed E-state index contributed by atoms with van der Waals surface area (Å²) in [4.78, 5) is 16.9. The summed E-state index contributed by atoms with van der Waals surface area (Å²) in [6, 6.07) is 0. The molecule has 0 aliphatic carbocycles. The van der Waals surface area contributed by atoms with E-state index in [1.165, 1.54) is 7.11 Å². The first-order chi connectivity index (χ1) is 9.75. The number of carbonyl (C=O) groups excluding carboxylic acids is 1. The second kappa shape index (κ2) is 7.56. The highest BCUT2D eigenvalue weighted by Crippen LogP contribution is 2.20. The van der Waals surface area contributed by atoms with Gasteiger partial charge in [0.2, 0.25) is 0 Å². The zero-order valence-corrected chi connectivity index (χ0v) is 14.7. The largest absolute Gasteiger partial charge is 0.468 e. The van der Waals surface area contributed by atoms with Gasteiger partial charge in [-0.2, -0.15) is 0 Å². The van der Waals surface area contributed by atoms with Crippen LogP contribution in [0, 0.1) is 0 Å². The van der Waals surface area contributed by atoms with E-state index in [-0.39, 0.29) is 11.5 Å². The summed E-state index contributed by atoms with van der Waals surface area (Å²) in [5, 5.41) is 3.35. The summed E-state index contributed by atoms with van der Waals surface area (Å²) in [6.07, 6.45) is 1.79. The minimum atomic E-state index is -0.585. The van der Waals surface area contributed by atoms with Gasteiger partial charge in [-0.3, -0.25) is 9.69 Å². The Morgan fingerprint density at radius 1 is 1.38 bits per heavy atom. The molecule has 0 spiro atoms. The maximum Gasteiger partial charge on any atom is 0.325 e. The van der Waals surface area contributed by atoms with Gasteiger partial charge in [-0.05, 0) is 47.2 Å². The fraction of sp³-hybridized carbons (Fsp3) is 0.938. The van der Waals surface area contributed by atoms with Crippen LogP contribution in [0.3, 0.4) is 0 Å². The summed E-state index contributed by atoms with van der Waals surface area (Å²) in [5.41, 5.74) is -0.394. The Balaban J connectivity index is 2.59. The molecular weight excluding hydrogens is 266 g/mol. The van der Waals surface area contributed by atoms with E-state index in [1.54, 1.807) is 0 Å². The van der Waals surface area contributed by atoms with Gasteiger partial charge < -0.3 is 15.0 Å². The molecule has 1 atom stereocenters. The number of rotatable bonds is 7. The molecule has 1 aliphatic heterocycles. The van der Waals surface area contributed by atoms with Gasteiger partial charge in [0.1, 0.15) is 5.54 Å². The molecule has 0 aromatic heterocycles. The molecule has 1 saturated heterocycles. The van der Waals surface area contributed by atoms with Gasteiger partial charge >= 0.3 is 5.97 Å². The number of carbonyl (C=O) groups is 1. The first-order valence-corrected chi connectivity index (χ1v) is 8.02. The van der Waals surface area contributed by atoms with Crippen molar-refractivity contribution in [3.8, 4) is 0 Å². The fourth-order valence-corrected chi connectivity index (χ4v) is 2.80. The topological polar surface area (TPSA) is 44.8 Å². The molecule has 1 heterocycles. The van der Waals surface area contributed by atoms with Crippen molar-refractivity contribution in [3.63, 3.8) is 0 Å². The Kier molecular flexibility index (Phi) is 6.63. The van der Waals surface area contributed by atoms with Crippen molar-refractivity contribution in [2.24, 2.45) is 0 Å². The molecule has 1 fully saturated rings. The zero-order chi connectivity index (χ0) is 16.1. The molecule has 124 valence electrons. The highest BCUT2D eigenvalue weighted by atomic mass is 16.5. The third-order valence-corrected chi connectivity index (χ3v) is 4.72. The molecule has 0 radical (unpaired) electrons. The monoisotopic (exact) mass is 299 g/mol. The molecular formula is C16H33N3O2. The average molecular weight is 299 g/mol. The van der Waals surface area contributed by atoms with E-state index in [0.717, 1.165) is 45.6 Å². The third kappa shape index (κ3) is 4.94. The average Bonchev–Trinajstić information content (AvgIpc) is 2.45. The maximum atomic E-state index is 12.1. The van der Waals surface area contributed by atoms with E-state index in [2.05, 4.69) is 42.9 Å². The molecule has 0 saturated carbocycles. The van der Waals surface area contributed by atoms with E-state index in [4.69, 9.17) is 4.74 Å². The van der Waals surface area contributed by atoms with Crippen LogP contribution in [0.5, 0.6) is 0 Å². The van der Waals surface area contributed by atoms with Gasteiger partial charge in [0, 0.05) is 31.7 Å². The Labute approximate surface area is 130 Å². The highest BCUT2D eigenvalue weighted by molar-refractivity contribution is 5.80. The molecule has 1 N–H and O–H groups in total. The van der Waals surface area contributed by atoms with E-state index < -0.39 is 5.54 Å². The van der Waals surface area contributed by atoms with Crippen molar-refractivity contribution in [2.75, 3.05) is 46.9 Å². The molecule has 1 rings (SSSR count). The smallest absolute Gasteiger partial charge is 0.325 e. The predicted molar refractivity (Wildman–Crippen MR) is 86.5 cm³/mol. The van der Waals surface area contributed by atoms with Crippen LogP contribution >= 0.6 is 0 Å². The zero-order valence-electron chi connectivity index (χ0n) is 14.7. The molecule has 0 amide bonds. The van der Waals surface area contributed by atoms with Crippen molar-refractivity contribution in [3.05, 3.63) is 0 Å². The Morgan fingerprint density at radius 2 is 2.05 bits per heavy atom. The van der Waals surface area contributed by atoms with Gasteiger partial charge in [0.25, 0.3) is 0 Å². The molecule has 5 nitrogen and oxygen atoms in total. The van der Waals surface area contributed by atoms with E-state index in [9.17, 15) is 4.79 Å². The summed E-state index contributed by atoms with van der Waals surface area (Å²) in [7, 11) is 3.64. The molecule has 1 unspecified atom stereocenters. The number of esters is 1. The predicted octanol–water partition coefficient (Wildman–Crippen LogP) is 1.33. The molecule has 0 aromatic carbocycles. The van der Waals surface area contributed by atoms with E-state index in [0.29, 0.717) is 0 Å². The second-order valence-corrected chi connectivity index (χ2v) is 7.01. The van der Waals surface area contributed by atoms with Crippen molar-refractivity contribution in [1.29, 1.82) is 0 Å². The number of nitrogens with zero attached hydrogens (tertiary/aromatic N) is 2. The minimum Gasteiger partial charge on any atom is -0.468 e. The Hall–Kier alpha value is -0.650. The van der Waals surface area contributed by atoms with Gasteiger partial charge in [-0.15, -0.1) is 0 Å². The Morgan fingerprint density at radius 3 is 2.57 bits per heavy atom. The number of piperazine rings is 1. The quantitative estimate of drug-likeness (QED) is 0.719. The highest BCUT2D eigenvalue weighted by Gasteiger charge is 2.36. The number of nitrogens with one attached hydrogen (secondary N) is 1. The van der Waals surface area contributed by atoms with Crippen LogP contribution in [0.4, 0.5) is 0 Å². The number of hydrogen-bond acceptors (Lipinski definition) is 5. The Bertz CT molecular complexity index is 346. The normalized spacial score (nSPS) is 22.8. The van der Waals surface area contributed by atoms with Crippen molar-refractivity contribution in [1.82, 2.24) is 15.1 Å². The van der Waals surface area contributed by atoms with Gasteiger partial charge in [0.05, 0.1) is 7.11 Å². The number of ether oxygens (including phenoxy) is 1. The molecule has 21 heavy (non-hydrogen) atoms. The van der Waals surface area contributed by atoms with E-state index >= 15 is 0 Å². The maximum absolute atomic E-state index is 12.1. The van der Waals surface area contributed by atoms with Crippen LogP contribution in [-0.2, 0) is 9.53 Å². The van der Waals surface area contributed by atoms with Crippen LogP contribution in [-0.4, -0.2) is 73.7 Å². The fourth-order valence-electron chi connectivity index (χ4n) is 2.80. The van der Waals surface area contributed by atoms with Gasteiger partial charge in [0.15, 0.2) is 0 Å². The first-order valence-electron chi connectivity index (χ1n) is 8.02. The lowest BCUT2D eigenvalue weighted by atomic mass is 9.95. The summed E-state index contributed by atoms with van der Waals surface area (Å²) < 4.78 is 4.98. The standard InChI is InChI=1S/C16H33N3O2/c1-7-9-17-16(4,14(20)21-6)8-10-19-12-11-18(5)15(2,3)13-19/h17H,7-13H2,1-6H3. The lowest BCUT2D eigenvalue weighted by Crippen LogP contribution is -2.59. The molecule has 0 bridgehead atoms. The summed E-state index contributed by atoms with van der Waals surface area (Å²) in [6.45, 7) is 13.5. The van der Waals surface area contributed by atoms with Crippen LogP contribution in [0.25, 0.3) is 0 Å². The van der Waals surface area contributed by atoms with Crippen molar-refractivity contribution in [2.45, 2.75) is 51.6 Å². The third-order valence-electron chi connectivity index (χ3n) is 4.72. The number of likely N-dealkylation sites (N-methyl/N-ethyl adjacent to an activating group) is 1. The number of methoxy groups -OCH3 is 1. The van der Waals surface area contributed by atoms with Gasteiger partial charge in [-0.25, -0.2) is 0 Å². The van der Waals surface area contributed by atoms with Crippen LogP contribution in [0.15, 0.2) is 0 Å². The molecule has 1 aliphatic rings. The van der Waals surface area contributed by atoms with Crippen molar-refractivity contribution < 1.29 is 9.53 Å². The number of hydrogen-bond donors (Lipinski definition) is 1. The lowest BCUT2D eigenvalue weighted by molar-refractivity contribution is -0.148. The SMILES string of the molecule is CCCNC(C)(CCN1CCN(C)C(C)(C)C1)C(=O)OC. The first kappa shape index (κ1) is 18.4. The van der Waals surface area contributed by atoms with Crippen LogP contribution < -0.4 is 5.32 Å². The summed E-state index contributed by atoms with van der Waals surface area (Å²) >= 11 is 0. The molecule has 5 heteroatoms. The van der Waals surface area contributed by atoms with E-state index in [1.807, 2.05) is 6.92 Å². The van der Waals surface area contributed by atoms with Gasteiger partial charge in [-0.1, -0.05) is 6.92 Å². The summed E-state index contributed by atoms with van der Waals surface area (Å²) in [5.74, 6) is -0.163. The minimum absolute atomic E-state index is 0.163. The molecule has 0 aromatic rings. The van der Waals surface area contributed by atoms with Crippen molar-refractivity contribution >= 4 is 5.97 Å².